The van der Waals surface area contributed by atoms with E-state index in [1.165, 1.54) is 16.0 Å². The predicted octanol–water partition coefficient (Wildman–Crippen LogP) is 3.90. The molecule has 0 spiro atoms. The normalized spacial score (nSPS) is 11.0. The quantitative estimate of drug-likeness (QED) is 0.769. The van der Waals surface area contributed by atoms with E-state index in [0.29, 0.717) is 26.4 Å². The van der Waals surface area contributed by atoms with Crippen LogP contribution >= 0.6 is 34.5 Å². The molecule has 0 radical (unpaired) electrons. The van der Waals surface area contributed by atoms with Crippen LogP contribution in [0.3, 0.4) is 0 Å². The molecule has 0 atom stereocenters. The summed E-state index contributed by atoms with van der Waals surface area (Å²) in [7, 11) is 1.72. The van der Waals surface area contributed by atoms with Crippen molar-refractivity contribution in [2.45, 2.75) is 6.92 Å². The van der Waals surface area contributed by atoms with E-state index >= 15 is 0 Å². The number of nitrogens with zero attached hydrogens (tertiary/aromatic N) is 3. The van der Waals surface area contributed by atoms with E-state index < -0.39 is 0 Å². The Morgan fingerprint density at radius 2 is 2.14 bits per heavy atom. The molecule has 1 amide bonds. The first-order valence-electron chi connectivity index (χ1n) is 6.02. The Labute approximate surface area is 134 Å². The molecular weight excluding hydrogens is 331 g/mol. The molecule has 3 aromatic rings. The molecule has 8 heteroatoms. The number of fused-ring (bicyclic) bond motifs is 1. The molecule has 2 aromatic heterocycles. The summed E-state index contributed by atoms with van der Waals surface area (Å²) < 4.78 is 2.39. The zero-order valence-corrected chi connectivity index (χ0v) is 13.5. The Morgan fingerprint density at radius 1 is 1.38 bits per heavy atom. The lowest BCUT2D eigenvalue weighted by atomic mass is 10.2. The Kier molecular flexibility index (Phi) is 3.61. The second-order valence-electron chi connectivity index (χ2n) is 4.48. The van der Waals surface area contributed by atoms with E-state index in [2.05, 4.69) is 15.4 Å². The summed E-state index contributed by atoms with van der Waals surface area (Å²) in [5, 5.41) is 8.12. The fraction of sp³-hybridized carbons (Fsp3) is 0.154. The smallest absolute Gasteiger partial charge is 0.275 e. The van der Waals surface area contributed by atoms with Crippen molar-refractivity contribution in [3.8, 4) is 0 Å². The van der Waals surface area contributed by atoms with Crippen molar-refractivity contribution < 1.29 is 4.79 Å². The number of aryl methyl sites for hydroxylation is 2. The number of carbonyl (C=O) groups excluding carboxylic acids is 1. The van der Waals surface area contributed by atoms with Crippen molar-refractivity contribution in [2.24, 2.45) is 7.05 Å². The fourth-order valence-electron chi connectivity index (χ4n) is 2.02. The van der Waals surface area contributed by atoms with Gasteiger partial charge in [-0.25, -0.2) is 4.98 Å². The number of benzene rings is 1. The number of hydrogen-bond acceptors (Lipinski definition) is 4. The molecular formula is C13H10Cl2N4OS. The number of amides is 1. The van der Waals surface area contributed by atoms with Gasteiger partial charge in [-0.2, -0.15) is 5.10 Å². The first kappa shape index (κ1) is 14.3. The highest BCUT2D eigenvalue weighted by molar-refractivity contribution is 7.22. The molecule has 0 saturated carbocycles. The van der Waals surface area contributed by atoms with Crippen molar-refractivity contribution in [2.75, 3.05) is 5.32 Å². The zero-order valence-electron chi connectivity index (χ0n) is 11.1. The second-order valence-corrected chi connectivity index (χ2v) is 6.30. The predicted molar refractivity (Wildman–Crippen MR) is 85.5 cm³/mol. The standard InChI is InChI=1S/C13H10Cl2N4OS/c1-6-5-16-19(2)11(6)12(20)18-13-17-10-8(21-13)4-3-7(14)9(10)15/h3-5H,1-2H3,(H,17,18,20). The molecule has 0 aliphatic heterocycles. The number of carbonyl (C=O) groups is 1. The zero-order chi connectivity index (χ0) is 15.1. The summed E-state index contributed by atoms with van der Waals surface area (Å²) in [5.74, 6) is -0.256. The lowest BCUT2D eigenvalue weighted by Crippen LogP contribution is -2.17. The molecule has 0 unspecified atom stereocenters. The highest BCUT2D eigenvalue weighted by atomic mass is 35.5. The average molecular weight is 341 g/mol. The van der Waals surface area contributed by atoms with Gasteiger partial charge in [0.25, 0.3) is 5.91 Å². The van der Waals surface area contributed by atoms with Gasteiger partial charge in [-0.15, -0.1) is 0 Å². The summed E-state index contributed by atoms with van der Waals surface area (Å²) in [6.45, 7) is 1.83. The van der Waals surface area contributed by atoms with Gasteiger partial charge >= 0.3 is 0 Å². The largest absolute Gasteiger partial charge is 0.296 e. The van der Waals surface area contributed by atoms with Gasteiger partial charge in [0.15, 0.2) is 5.13 Å². The van der Waals surface area contributed by atoms with Crippen molar-refractivity contribution >= 4 is 55.8 Å². The molecule has 0 saturated heterocycles. The Hall–Kier alpha value is -1.63. The van der Waals surface area contributed by atoms with E-state index in [1.807, 2.05) is 13.0 Å². The van der Waals surface area contributed by atoms with Gasteiger partial charge < -0.3 is 0 Å². The SMILES string of the molecule is Cc1cnn(C)c1C(=O)Nc1nc2c(Cl)c(Cl)ccc2s1. The summed E-state index contributed by atoms with van der Waals surface area (Å²) in [6.07, 6.45) is 1.64. The van der Waals surface area contributed by atoms with E-state index in [9.17, 15) is 4.79 Å². The molecule has 5 nitrogen and oxygen atoms in total. The molecule has 21 heavy (non-hydrogen) atoms. The van der Waals surface area contributed by atoms with Crippen LogP contribution < -0.4 is 5.32 Å². The van der Waals surface area contributed by atoms with Gasteiger partial charge in [-0.3, -0.25) is 14.8 Å². The van der Waals surface area contributed by atoms with Crippen LogP contribution in [0, 0.1) is 6.92 Å². The van der Waals surface area contributed by atoms with E-state index in [-0.39, 0.29) is 5.91 Å². The van der Waals surface area contributed by atoms with Crippen molar-refractivity contribution in [1.29, 1.82) is 0 Å². The molecule has 3 rings (SSSR count). The van der Waals surface area contributed by atoms with Crippen molar-refractivity contribution in [3.63, 3.8) is 0 Å². The van der Waals surface area contributed by atoms with E-state index in [0.717, 1.165) is 10.3 Å². The molecule has 0 bridgehead atoms. The monoisotopic (exact) mass is 340 g/mol. The Bertz CT molecular complexity index is 836. The topological polar surface area (TPSA) is 59.8 Å². The molecule has 1 aromatic carbocycles. The van der Waals surface area contributed by atoms with Gasteiger partial charge in [0.2, 0.25) is 0 Å². The van der Waals surface area contributed by atoms with Crippen LogP contribution in [0.25, 0.3) is 10.2 Å². The van der Waals surface area contributed by atoms with Gasteiger partial charge in [-0.1, -0.05) is 34.5 Å². The van der Waals surface area contributed by atoms with Gasteiger partial charge in [0.1, 0.15) is 11.2 Å². The van der Waals surface area contributed by atoms with Crippen LogP contribution in [-0.2, 0) is 7.05 Å². The summed E-state index contributed by atoms with van der Waals surface area (Å²) >= 11 is 13.4. The maximum Gasteiger partial charge on any atom is 0.275 e. The average Bonchev–Trinajstić information content (AvgIpc) is 2.98. The van der Waals surface area contributed by atoms with E-state index in [4.69, 9.17) is 23.2 Å². The number of hydrogen-bond donors (Lipinski definition) is 1. The van der Waals surface area contributed by atoms with Crippen LogP contribution in [0.2, 0.25) is 10.0 Å². The van der Waals surface area contributed by atoms with Crippen LogP contribution in [0.1, 0.15) is 16.1 Å². The van der Waals surface area contributed by atoms with Crippen LogP contribution in [0.5, 0.6) is 0 Å². The fourth-order valence-corrected chi connectivity index (χ4v) is 3.31. The van der Waals surface area contributed by atoms with Crippen LogP contribution in [0.4, 0.5) is 5.13 Å². The third-order valence-corrected chi connectivity index (χ3v) is 4.74. The highest BCUT2D eigenvalue weighted by Crippen LogP contribution is 2.35. The minimum Gasteiger partial charge on any atom is -0.296 e. The minimum atomic E-state index is -0.256. The number of aromatic nitrogens is 3. The molecule has 108 valence electrons. The van der Waals surface area contributed by atoms with Crippen LogP contribution in [0.15, 0.2) is 18.3 Å². The molecule has 1 N–H and O–H groups in total. The molecule has 0 fully saturated rings. The summed E-state index contributed by atoms with van der Waals surface area (Å²) in [4.78, 5) is 16.6. The lowest BCUT2D eigenvalue weighted by molar-refractivity contribution is 0.101. The summed E-state index contributed by atoms with van der Waals surface area (Å²) in [5.41, 5.74) is 1.89. The Balaban J connectivity index is 1.95. The number of rotatable bonds is 2. The molecule has 0 aliphatic rings. The maximum absolute atomic E-state index is 12.3. The van der Waals surface area contributed by atoms with Gasteiger partial charge in [0, 0.05) is 7.05 Å². The summed E-state index contributed by atoms with van der Waals surface area (Å²) in [6, 6.07) is 3.54. The van der Waals surface area contributed by atoms with Gasteiger partial charge in [-0.05, 0) is 24.6 Å². The van der Waals surface area contributed by atoms with Crippen LogP contribution in [-0.4, -0.2) is 20.7 Å². The Morgan fingerprint density at radius 3 is 2.81 bits per heavy atom. The molecule has 0 aliphatic carbocycles. The number of thiazole rings is 1. The lowest BCUT2D eigenvalue weighted by Gasteiger charge is -2.03. The minimum absolute atomic E-state index is 0.256. The first-order valence-corrected chi connectivity index (χ1v) is 7.59. The van der Waals surface area contributed by atoms with Gasteiger partial charge in [0.05, 0.1) is 20.9 Å². The molecule has 2 heterocycles. The maximum atomic E-state index is 12.3. The van der Waals surface area contributed by atoms with E-state index in [1.54, 1.807) is 19.3 Å². The third kappa shape index (κ3) is 2.50. The number of nitrogens with one attached hydrogen (secondary N) is 1. The number of anilines is 1. The van der Waals surface area contributed by atoms with Crippen molar-refractivity contribution in [3.05, 3.63) is 39.6 Å². The number of halogens is 2. The highest BCUT2D eigenvalue weighted by Gasteiger charge is 2.17. The second kappa shape index (κ2) is 5.29. The van der Waals surface area contributed by atoms with Crippen molar-refractivity contribution in [1.82, 2.24) is 14.8 Å². The third-order valence-electron chi connectivity index (χ3n) is 3.01. The first-order chi connectivity index (χ1) is 9.97.